The zero-order chi connectivity index (χ0) is 17.8. The van der Waals surface area contributed by atoms with E-state index >= 15 is 0 Å². The lowest BCUT2D eigenvalue weighted by Gasteiger charge is -2.43. The lowest BCUT2D eigenvalue weighted by molar-refractivity contribution is -0.384. The number of non-ortho nitro benzene ring substituents is 1. The zero-order valence-electron chi connectivity index (χ0n) is 14.7. The van der Waals surface area contributed by atoms with Gasteiger partial charge < -0.3 is 16.4 Å². The maximum atomic E-state index is 12.4. The summed E-state index contributed by atoms with van der Waals surface area (Å²) in [4.78, 5) is 22.6. The number of nitrogens with one attached hydrogen (secondary N) is 2. The number of hydrogen-bond acceptors (Lipinski definition) is 5. The Morgan fingerprint density at radius 2 is 1.77 bits per heavy atom. The smallest absolute Gasteiger partial charge is 0.269 e. The Bertz CT molecular complexity index is 611. The van der Waals surface area contributed by atoms with E-state index in [1.165, 1.54) is 18.6 Å². The minimum Gasteiger partial charge on any atom is -0.383 e. The van der Waals surface area contributed by atoms with Crippen molar-refractivity contribution in [2.24, 2.45) is 23.5 Å². The summed E-state index contributed by atoms with van der Waals surface area (Å²) in [5.74, 6) is 1.23. The minimum absolute atomic E-state index is 0. The molecule has 26 heavy (non-hydrogen) atoms. The summed E-state index contributed by atoms with van der Waals surface area (Å²) in [6.07, 6.45) is 5.39. The number of rotatable bonds is 6. The third kappa shape index (κ3) is 4.86. The molecule has 0 saturated heterocycles. The van der Waals surface area contributed by atoms with Crippen LogP contribution in [-0.4, -0.2) is 30.0 Å². The van der Waals surface area contributed by atoms with Crippen LogP contribution in [0.25, 0.3) is 0 Å². The van der Waals surface area contributed by atoms with Crippen molar-refractivity contribution in [3.8, 4) is 0 Å². The fourth-order valence-electron chi connectivity index (χ4n) is 4.24. The van der Waals surface area contributed by atoms with Gasteiger partial charge in [-0.05, 0) is 49.7 Å². The molecule has 4 N–H and O–H groups in total. The molecule has 1 aromatic carbocycles. The molecule has 8 heteroatoms. The number of anilines is 1. The summed E-state index contributed by atoms with van der Waals surface area (Å²) in [7, 11) is 0. The van der Waals surface area contributed by atoms with Gasteiger partial charge in [0, 0.05) is 42.9 Å². The third-order valence-corrected chi connectivity index (χ3v) is 5.62. The average molecular weight is 383 g/mol. The van der Waals surface area contributed by atoms with Crippen LogP contribution in [0.4, 0.5) is 11.4 Å². The van der Waals surface area contributed by atoms with Gasteiger partial charge in [0.15, 0.2) is 0 Å². The molecule has 7 nitrogen and oxygen atoms in total. The molecule has 2 bridgehead atoms. The van der Waals surface area contributed by atoms with Gasteiger partial charge in [0.2, 0.25) is 5.91 Å². The molecule has 2 atom stereocenters. The van der Waals surface area contributed by atoms with Crippen molar-refractivity contribution in [2.45, 2.75) is 38.1 Å². The van der Waals surface area contributed by atoms with E-state index in [4.69, 9.17) is 5.73 Å². The van der Waals surface area contributed by atoms with Crippen LogP contribution in [0.5, 0.6) is 0 Å². The van der Waals surface area contributed by atoms with E-state index in [1.54, 1.807) is 12.1 Å². The Balaban J connectivity index is 0.00000243. The highest BCUT2D eigenvalue weighted by Crippen LogP contribution is 2.41. The number of carbonyl (C=O) groups is 1. The normalized spacial score (nSPS) is 27.1. The molecular weight excluding hydrogens is 356 g/mol. The molecule has 2 aliphatic rings. The van der Waals surface area contributed by atoms with Crippen molar-refractivity contribution in [1.29, 1.82) is 0 Å². The van der Waals surface area contributed by atoms with Gasteiger partial charge in [-0.25, -0.2) is 0 Å². The Kier molecular flexibility index (Phi) is 7.23. The Morgan fingerprint density at radius 3 is 2.35 bits per heavy atom. The minimum atomic E-state index is -0.421. The van der Waals surface area contributed by atoms with Crippen LogP contribution in [0.15, 0.2) is 24.3 Å². The highest BCUT2D eigenvalue weighted by Gasteiger charge is 2.40. The molecule has 0 aliphatic heterocycles. The van der Waals surface area contributed by atoms with Crippen molar-refractivity contribution < 1.29 is 9.72 Å². The molecule has 0 radical (unpaired) electrons. The number of nitro groups is 1. The van der Waals surface area contributed by atoms with Crippen molar-refractivity contribution in [1.82, 2.24) is 5.32 Å². The van der Waals surface area contributed by atoms with Gasteiger partial charge in [0.05, 0.1) is 4.92 Å². The van der Waals surface area contributed by atoms with E-state index in [0.29, 0.717) is 24.9 Å². The van der Waals surface area contributed by atoms with Gasteiger partial charge in [-0.15, -0.1) is 12.4 Å². The molecule has 0 spiro atoms. The van der Waals surface area contributed by atoms with Crippen LogP contribution < -0.4 is 16.4 Å². The van der Waals surface area contributed by atoms with Crippen LogP contribution in [0.3, 0.4) is 0 Å². The quantitative estimate of drug-likeness (QED) is 0.398. The number of fused-ring (bicyclic) bond motifs is 2. The van der Waals surface area contributed by atoms with Crippen LogP contribution in [0.1, 0.15) is 32.1 Å². The van der Waals surface area contributed by atoms with Crippen molar-refractivity contribution >= 4 is 29.7 Å². The van der Waals surface area contributed by atoms with E-state index in [1.807, 2.05) is 0 Å². The molecule has 0 heterocycles. The summed E-state index contributed by atoms with van der Waals surface area (Å²) < 4.78 is 0. The number of benzene rings is 1. The topological polar surface area (TPSA) is 110 Å². The van der Waals surface area contributed by atoms with Gasteiger partial charge >= 0.3 is 0 Å². The largest absolute Gasteiger partial charge is 0.383 e. The van der Waals surface area contributed by atoms with Gasteiger partial charge in [-0.1, -0.05) is 6.42 Å². The summed E-state index contributed by atoms with van der Waals surface area (Å²) in [6.45, 7) is 1.12. The van der Waals surface area contributed by atoms with E-state index < -0.39 is 4.92 Å². The first-order valence-electron chi connectivity index (χ1n) is 9.06. The monoisotopic (exact) mass is 382 g/mol. The van der Waals surface area contributed by atoms with Crippen LogP contribution in [0, 0.1) is 27.9 Å². The Morgan fingerprint density at radius 1 is 1.15 bits per heavy atom. The highest BCUT2D eigenvalue weighted by molar-refractivity contribution is 5.85. The second-order valence-corrected chi connectivity index (χ2v) is 7.22. The number of nitrogens with two attached hydrogens (primary N) is 1. The van der Waals surface area contributed by atoms with Crippen molar-refractivity contribution in [2.75, 3.05) is 18.4 Å². The lowest BCUT2D eigenvalue weighted by atomic mass is 9.65. The molecule has 2 unspecified atom stereocenters. The first-order chi connectivity index (χ1) is 12.0. The van der Waals surface area contributed by atoms with E-state index in [-0.39, 0.29) is 36.0 Å². The predicted molar refractivity (Wildman–Crippen MR) is 103 cm³/mol. The Labute approximate surface area is 159 Å². The molecule has 0 aromatic heterocycles. The SMILES string of the molecule is Cl.NC1C2CCCC1CC(C(=O)NCCNc1ccc([N+](=O)[O-])cc1)C2. The standard InChI is InChI=1S/C18H26N4O3.ClH/c19-17-12-2-1-3-13(17)11-14(10-12)18(23)21-9-8-20-15-4-6-16(7-5-15)22(24)25;/h4-7,12-14,17,20H,1-3,8-11,19H2,(H,21,23);1H. The predicted octanol–water partition coefficient (Wildman–Crippen LogP) is 2.70. The molecule has 2 aliphatic carbocycles. The molecule has 2 saturated carbocycles. The number of nitrogens with zero attached hydrogens (tertiary/aromatic N) is 1. The molecule has 2 fully saturated rings. The molecule has 1 amide bonds. The summed E-state index contributed by atoms with van der Waals surface area (Å²) >= 11 is 0. The van der Waals surface area contributed by atoms with Crippen LogP contribution >= 0.6 is 12.4 Å². The maximum Gasteiger partial charge on any atom is 0.269 e. The highest BCUT2D eigenvalue weighted by atomic mass is 35.5. The second kappa shape index (κ2) is 9.19. The van der Waals surface area contributed by atoms with Crippen molar-refractivity contribution in [3.05, 3.63) is 34.4 Å². The fourth-order valence-corrected chi connectivity index (χ4v) is 4.24. The number of nitro benzene ring substituents is 1. The average Bonchev–Trinajstić information content (AvgIpc) is 2.58. The first kappa shape index (κ1) is 20.5. The van der Waals surface area contributed by atoms with Gasteiger partial charge in [-0.3, -0.25) is 14.9 Å². The molecule has 1 aromatic rings. The van der Waals surface area contributed by atoms with Gasteiger partial charge in [0.25, 0.3) is 5.69 Å². The van der Waals surface area contributed by atoms with Gasteiger partial charge in [0.1, 0.15) is 0 Å². The summed E-state index contributed by atoms with van der Waals surface area (Å²) in [6, 6.07) is 6.55. The van der Waals surface area contributed by atoms with Gasteiger partial charge in [-0.2, -0.15) is 0 Å². The molecular formula is C18H27ClN4O3. The number of halogens is 1. The van der Waals surface area contributed by atoms with Crippen LogP contribution in [-0.2, 0) is 4.79 Å². The number of amides is 1. The van der Waals surface area contributed by atoms with E-state index in [9.17, 15) is 14.9 Å². The second-order valence-electron chi connectivity index (χ2n) is 7.22. The number of carbonyl (C=O) groups excluding carboxylic acids is 1. The maximum absolute atomic E-state index is 12.4. The summed E-state index contributed by atoms with van der Waals surface area (Å²) in [5, 5.41) is 16.8. The van der Waals surface area contributed by atoms with Crippen molar-refractivity contribution in [3.63, 3.8) is 0 Å². The van der Waals surface area contributed by atoms with E-state index in [0.717, 1.165) is 31.4 Å². The first-order valence-corrected chi connectivity index (χ1v) is 9.06. The third-order valence-electron chi connectivity index (χ3n) is 5.62. The molecule has 3 rings (SSSR count). The molecule has 144 valence electrons. The lowest BCUT2D eigenvalue weighted by Crippen LogP contribution is -2.49. The zero-order valence-corrected chi connectivity index (χ0v) is 15.5. The summed E-state index contributed by atoms with van der Waals surface area (Å²) in [5.41, 5.74) is 7.15. The Hall–Kier alpha value is -1.86. The fraction of sp³-hybridized carbons (Fsp3) is 0.611. The van der Waals surface area contributed by atoms with Crippen LogP contribution in [0.2, 0.25) is 0 Å². The van der Waals surface area contributed by atoms with E-state index in [2.05, 4.69) is 10.6 Å². The number of hydrogen-bond donors (Lipinski definition) is 3.